The Balaban J connectivity index is -0.000000535. The summed E-state index contributed by atoms with van der Waals surface area (Å²) < 4.78 is 16.7. The molecule has 4 atom stereocenters. The third-order valence-corrected chi connectivity index (χ3v) is 8.44. The van der Waals surface area contributed by atoms with E-state index in [2.05, 4.69) is 29.3 Å². The average Bonchev–Trinajstić information content (AvgIpc) is 2.87. The number of phenolic OH excluding ortho intramolecular Hbond substituents is 1. The Morgan fingerprint density at radius 1 is 0.767 bits per heavy atom. The summed E-state index contributed by atoms with van der Waals surface area (Å²) in [5.41, 5.74) is 5.34. The summed E-state index contributed by atoms with van der Waals surface area (Å²) in [4.78, 5) is 2.70. The zero-order chi connectivity index (χ0) is 23.8. The SMILES string of the molecule is CC[C@@H]1CN2CCc3cc(OC)c(OC)cc3[C@H]2C[C@@H]1C[C@@H]1NCCc2cc(O)c(OC)cc21.Cl.Cl.O.O.O.O.O.O.O. The van der Waals surface area contributed by atoms with Gasteiger partial charge in [-0.3, -0.25) is 4.90 Å². The number of nitrogens with one attached hydrogen (secondary N) is 1. The molecule has 3 aliphatic heterocycles. The maximum Gasteiger partial charge on any atom is 0.161 e. The van der Waals surface area contributed by atoms with Crippen molar-refractivity contribution in [2.45, 2.75) is 51.1 Å². The molecule has 0 aliphatic carbocycles. The van der Waals surface area contributed by atoms with Gasteiger partial charge in [-0.15, -0.1) is 24.8 Å². The number of phenols is 1. The summed E-state index contributed by atoms with van der Waals surface area (Å²) in [7, 11) is 5.06. The van der Waals surface area contributed by atoms with E-state index in [1.54, 1.807) is 21.3 Å². The van der Waals surface area contributed by atoms with Gasteiger partial charge in [-0.25, -0.2) is 0 Å². The summed E-state index contributed by atoms with van der Waals surface area (Å²) in [6.07, 6.45) is 5.46. The minimum atomic E-state index is 0. The number of methoxy groups -OCH3 is 3. The van der Waals surface area contributed by atoms with Crippen molar-refractivity contribution in [2.24, 2.45) is 11.8 Å². The molecule has 2 aromatic rings. The van der Waals surface area contributed by atoms with E-state index >= 15 is 0 Å². The predicted octanol–water partition coefficient (Wildman–Crippen LogP) is -0.289. The average molecular weight is 666 g/mol. The van der Waals surface area contributed by atoms with Gasteiger partial charge in [-0.2, -0.15) is 0 Å². The Bertz CT molecular complexity index is 1070. The van der Waals surface area contributed by atoms with Crippen molar-refractivity contribution >= 4 is 24.8 Å². The number of benzene rings is 2. The minimum absolute atomic E-state index is 0. The first kappa shape index (κ1) is 50.5. The fourth-order valence-electron chi connectivity index (χ4n) is 6.59. The zero-order valence-electron chi connectivity index (χ0n) is 25.2. The lowest BCUT2D eigenvalue weighted by Crippen LogP contribution is -2.46. The molecular weight excluding hydrogens is 611 g/mol. The molecule has 0 saturated carbocycles. The van der Waals surface area contributed by atoms with E-state index < -0.39 is 0 Å². The molecule has 1 fully saturated rings. The van der Waals surface area contributed by atoms with Crippen molar-refractivity contribution in [3.8, 4) is 23.0 Å². The molecule has 3 heterocycles. The lowest BCUT2D eigenvalue weighted by molar-refractivity contribution is 0.0434. The second-order valence-electron chi connectivity index (χ2n) is 10.0. The highest BCUT2D eigenvalue weighted by molar-refractivity contribution is 5.85. The van der Waals surface area contributed by atoms with Gasteiger partial charge in [0.2, 0.25) is 0 Å². The third-order valence-electron chi connectivity index (χ3n) is 8.44. The molecule has 15 heteroatoms. The van der Waals surface area contributed by atoms with Crippen LogP contribution in [0.1, 0.15) is 60.5 Å². The molecule has 1 saturated heterocycles. The van der Waals surface area contributed by atoms with Crippen molar-refractivity contribution in [2.75, 3.05) is 41.0 Å². The highest BCUT2D eigenvalue weighted by atomic mass is 35.5. The van der Waals surface area contributed by atoms with Crippen LogP contribution in [0, 0.1) is 11.8 Å². The molecular formula is C28H54Cl2N2O11. The summed E-state index contributed by atoms with van der Waals surface area (Å²) in [5, 5.41) is 14.1. The smallest absolute Gasteiger partial charge is 0.161 e. The Morgan fingerprint density at radius 2 is 1.33 bits per heavy atom. The van der Waals surface area contributed by atoms with Crippen molar-refractivity contribution in [3.63, 3.8) is 0 Å². The molecule has 3 aliphatic rings. The molecule has 0 unspecified atom stereocenters. The van der Waals surface area contributed by atoms with Crippen molar-refractivity contribution in [1.82, 2.24) is 10.2 Å². The van der Waals surface area contributed by atoms with Crippen LogP contribution in [0.2, 0.25) is 0 Å². The van der Waals surface area contributed by atoms with E-state index in [1.807, 2.05) is 12.1 Å². The molecule has 13 nitrogen and oxygen atoms in total. The number of hydrogen-bond acceptors (Lipinski definition) is 6. The van der Waals surface area contributed by atoms with Crippen LogP contribution >= 0.6 is 24.8 Å². The molecule has 0 bridgehead atoms. The number of hydrogen-bond donors (Lipinski definition) is 2. The quantitative estimate of drug-likeness (QED) is 0.418. The van der Waals surface area contributed by atoms with Crippen LogP contribution in [0.15, 0.2) is 24.3 Å². The van der Waals surface area contributed by atoms with Crippen LogP contribution in [0.25, 0.3) is 0 Å². The number of rotatable bonds is 6. The highest BCUT2D eigenvalue weighted by Gasteiger charge is 2.40. The molecule has 43 heavy (non-hydrogen) atoms. The first-order valence-electron chi connectivity index (χ1n) is 12.7. The topological polar surface area (TPSA) is 284 Å². The standard InChI is InChI=1S/C28H38N2O4.2ClH.7H2O/c1-5-17-16-30-9-7-19-13-27(33-3)28(34-4)15-22(19)24(30)11-20(17)10-23-21-14-26(32-2)25(31)12-18(21)6-8-29-23;;;;;;;;;/h12-15,17,20,23-24,29,31H,5-11,16H2,1-4H3;2*1H;7*1H2/t17-,20+,23+,24-;;;;;;;;;/m1........./s1. The van der Waals surface area contributed by atoms with Gasteiger partial charge < -0.3 is 63.0 Å². The molecule has 0 radical (unpaired) electrons. The van der Waals surface area contributed by atoms with E-state index in [1.165, 1.54) is 28.7 Å². The Morgan fingerprint density at radius 3 is 1.91 bits per heavy atom. The van der Waals surface area contributed by atoms with Gasteiger partial charge in [0.05, 0.1) is 21.3 Å². The summed E-state index contributed by atoms with van der Waals surface area (Å²) in [5.74, 6) is 3.76. The highest BCUT2D eigenvalue weighted by Crippen LogP contribution is 2.48. The van der Waals surface area contributed by atoms with Crippen molar-refractivity contribution in [3.05, 3.63) is 46.5 Å². The van der Waals surface area contributed by atoms with E-state index in [-0.39, 0.29) is 74.9 Å². The summed E-state index contributed by atoms with van der Waals surface area (Å²) in [6.45, 7) is 5.55. The number of aromatic hydroxyl groups is 1. The van der Waals surface area contributed by atoms with Crippen LogP contribution in [0.5, 0.6) is 23.0 Å². The van der Waals surface area contributed by atoms with Gasteiger partial charge in [-0.1, -0.05) is 13.3 Å². The predicted molar refractivity (Wildman–Crippen MR) is 173 cm³/mol. The van der Waals surface area contributed by atoms with E-state index in [0.717, 1.165) is 56.8 Å². The van der Waals surface area contributed by atoms with Gasteiger partial charge >= 0.3 is 0 Å². The largest absolute Gasteiger partial charge is 0.504 e. The molecule has 16 N–H and O–H groups in total. The molecule has 5 rings (SSSR count). The van der Waals surface area contributed by atoms with Gasteiger partial charge in [0, 0.05) is 25.2 Å². The number of piperidine rings is 1. The normalized spacial score (nSPS) is 20.7. The first-order valence-corrected chi connectivity index (χ1v) is 12.7. The summed E-state index contributed by atoms with van der Waals surface area (Å²) in [6, 6.07) is 9.06. The van der Waals surface area contributed by atoms with E-state index in [4.69, 9.17) is 14.2 Å². The van der Waals surface area contributed by atoms with Gasteiger partial charge in [-0.05, 0) is 90.6 Å². The zero-order valence-corrected chi connectivity index (χ0v) is 26.8. The molecule has 256 valence electrons. The van der Waals surface area contributed by atoms with E-state index in [9.17, 15) is 5.11 Å². The van der Waals surface area contributed by atoms with Gasteiger partial charge in [0.15, 0.2) is 23.0 Å². The lowest BCUT2D eigenvalue weighted by Gasteiger charge is -2.48. The molecule has 0 amide bonds. The minimum Gasteiger partial charge on any atom is -0.504 e. The first-order chi connectivity index (χ1) is 16.6. The monoisotopic (exact) mass is 664 g/mol. The Kier molecular flexibility index (Phi) is 25.3. The molecule has 2 aromatic carbocycles. The fourth-order valence-corrected chi connectivity index (χ4v) is 6.59. The third kappa shape index (κ3) is 9.67. The molecule has 0 aromatic heterocycles. The van der Waals surface area contributed by atoms with Crippen LogP contribution in [0.3, 0.4) is 0 Å². The van der Waals surface area contributed by atoms with Crippen LogP contribution in [-0.4, -0.2) is 89.3 Å². The van der Waals surface area contributed by atoms with Gasteiger partial charge in [0.25, 0.3) is 0 Å². The van der Waals surface area contributed by atoms with Crippen LogP contribution in [-0.2, 0) is 12.8 Å². The Hall–Kier alpha value is -2.14. The van der Waals surface area contributed by atoms with Crippen LogP contribution < -0.4 is 19.5 Å². The Labute approximate surface area is 265 Å². The summed E-state index contributed by atoms with van der Waals surface area (Å²) >= 11 is 0. The number of ether oxygens (including phenoxy) is 3. The fraction of sp³-hybridized carbons (Fsp3) is 0.571. The number of nitrogens with zero attached hydrogens (tertiary/aromatic N) is 1. The maximum absolute atomic E-state index is 10.3. The number of fused-ring (bicyclic) bond motifs is 4. The van der Waals surface area contributed by atoms with Crippen LogP contribution in [0.4, 0.5) is 0 Å². The van der Waals surface area contributed by atoms with Gasteiger partial charge in [0.1, 0.15) is 0 Å². The van der Waals surface area contributed by atoms with E-state index in [0.29, 0.717) is 23.6 Å². The lowest BCUT2D eigenvalue weighted by atomic mass is 9.72. The number of halogens is 2. The van der Waals surface area contributed by atoms with Crippen molar-refractivity contribution in [1.29, 1.82) is 0 Å². The second-order valence-corrected chi connectivity index (χ2v) is 10.0. The van der Waals surface area contributed by atoms with Crippen molar-refractivity contribution < 1.29 is 57.7 Å². The second kappa shape index (κ2) is 21.5. The molecule has 0 spiro atoms. The maximum atomic E-state index is 10.3.